The van der Waals surface area contributed by atoms with Crippen molar-refractivity contribution >= 4 is 34.5 Å². The molecule has 0 unspecified atom stereocenters. The van der Waals surface area contributed by atoms with Gasteiger partial charge in [0.2, 0.25) is 0 Å². The van der Waals surface area contributed by atoms with Crippen LogP contribution >= 0.6 is 0 Å². The molecule has 0 spiro atoms. The fourth-order valence-electron chi connectivity index (χ4n) is 4.90. The lowest BCUT2D eigenvalue weighted by atomic mass is 9.75. The third kappa shape index (κ3) is 2.97. The summed E-state index contributed by atoms with van der Waals surface area (Å²) in [5, 5.41) is 11.6. The lowest BCUT2D eigenvalue weighted by Crippen LogP contribution is -2.41. The molecule has 2 heterocycles. The highest BCUT2D eigenvalue weighted by Crippen LogP contribution is 2.42. The fourth-order valence-corrected chi connectivity index (χ4v) is 4.90. The number of nitrogens with zero attached hydrogens (tertiary/aromatic N) is 1. The Labute approximate surface area is 178 Å². The molecule has 5 rings (SSSR count). The van der Waals surface area contributed by atoms with Crippen LogP contribution in [-0.2, 0) is 9.31 Å². The molecular weight excluding hydrogens is 373 g/mol. The quantitative estimate of drug-likeness (QED) is 0.509. The highest BCUT2D eigenvalue weighted by molar-refractivity contribution is 6.65. The van der Waals surface area contributed by atoms with E-state index in [1.807, 2.05) is 18.2 Å². The molecule has 0 radical (unpaired) electrons. The predicted molar refractivity (Wildman–Crippen MR) is 120 cm³/mol. The first-order valence-corrected chi connectivity index (χ1v) is 11.1. The third-order valence-electron chi connectivity index (χ3n) is 7.36. The van der Waals surface area contributed by atoms with Gasteiger partial charge in [-0.1, -0.05) is 31.4 Å². The molecule has 1 aliphatic heterocycles. The molecular formula is C25H28BNO3. The van der Waals surface area contributed by atoms with Gasteiger partial charge in [0.05, 0.1) is 22.8 Å². The van der Waals surface area contributed by atoms with E-state index < -0.39 is 18.3 Å². The van der Waals surface area contributed by atoms with Crippen molar-refractivity contribution in [1.29, 1.82) is 5.26 Å². The second-order valence-corrected chi connectivity index (χ2v) is 9.80. The maximum atomic E-state index is 9.34. The molecule has 1 saturated heterocycles. The van der Waals surface area contributed by atoms with Crippen LogP contribution in [0.4, 0.5) is 0 Å². The van der Waals surface area contributed by atoms with E-state index >= 15 is 0 Å². The Balaban J connectivity index is 1.72. The van der Waals surface area contributed by atoms with Gasteiger partial charge in [-0.25, -0.2) is 0 Å². The lowest BCUT2D eigenvalue weighted by Gasteiger charge is -2.32. The monoisotopic (exact) mass is 401 g/mol. The van der Waals surface area contributed by atoms with Crippen LogP contribution in [0.1, 0.15) is 76.8 Å². The normalized spacial score (nSPS) is 21.4. The van der Waals surface area contributed by atoms with Crippen molar-refractivity contribution in [2.45, 2.75) is 76.9 Å². The van der Waals surface area contributed by atoms with Gasteiger partial charge < -0.3 is 13.7 Å². The topological polar surface area (TPSA) is 55.4 Å². The molecule has 1 saturated carbocycles. The summed E-state index contributed by atoms with van der Waals surface area (Å²) in [6.07, 6.45) is 6.31. The van der Waals surface area contributed by atoms with Crippen LogP contribution in [-0.4, -0.2) is 18.3 Å². The van der Waals surface area contributed by atoms with E-state index in [9.17, 15) is 5.26 Å². The molecule has 1 aliphatic carbocycles. The summed E-state index contributed by atoms with van der Waals surface area (Å²) in [6.45, 7) is 8.27. The summed E-state index contributed by atoms with van der Waals surface area (Å²) in [7, 11) is -0.478. The van der Waals surface area contributed by atoms with E-state index in [0.717, 1.165) is 27.4 Å². The fraction of sp³-hybridized carbons (Fsp3) is 0.480. The van der Waals surface area contributed by atoms with Crippen molar-refractivity contribution in [3.63, 3.8) is 0 Å². The second kappa shape index (κ2) is 6.87. The van der Waals surface area contributed by atoms with Crippen LogP contribution in [0.5, 0.6) is 0 Å². The average molecular weight is 401 g/mol. The summed E-state index contributed by atoms with van der Waals surface area (Å²) in [4.78, 5) is 0. The first-order chi connectivity index (χ1) is 14.3. The van der Waals surface area contributed by atoms with Gasteiger partial charge in [-0.2, -0.15) is 5.26 Å². The number of fused-ring (bicyclic) bond motifs is 3. The first-order valence-electron chi connectivity index (χ1n) is 11.1. The van der Waals surface area contributed by atoms with E-state index in [-0.39, 0.29) is 0 Å². The lowest BCUT2D eigenvalue weighted by molar-refractivity contribution is 0.00578. The zero-order valence-corrected chi connectivity index (χ0v) is 18.2. The van der Waals surface area contributed by atoms with Gasteiger partial charge in [0.25, 0.3) is 0 Å². The van der Waals surface area contributed by atoms with Gasteiger partial charge in [0, 0.05) is 16.2 Å². The number of rotatable bonds is 2. The van der Waals surface area contributed by atoms with Crippen LogP contribution in [0.25, 0.3) is 21.9 Å². The summed E-state index contributed by atoms with van der Waals surface area (Å²) < 4.78 is 19.1. The zero-order valence-electron chi connectivity index (χ0n) is 18.2. The Hall–Kier alpha value is -2.29. The van der Waals surface area contributed by atoms with Gasteiger partial charge >= 0.3 is 7.12 Å². The highest BCUT2D eigenvalue weighted by Gasteiger charge is 2.52. The van der Waals surface area contributed by atoms with Crippen molar-refractivity contribution in [3.8, 4) is 6.07 Å². The Morgan fingerprint density at radius 3 is 2.33 bits per heavy atom. The molecule has 3 aromatic rings. The van der Waals surface area contributed by atoms with E-state index in [1.165, 1.54) is 37.7 Å². The Morgan fingerprint density at radius 2 is 1.67 bits per heavy atom. The van der Waals surface area contributed by atoms with Gasteiger partial charge in [-0.3, -0.25) is 0 Å². The highest BCUT2D eigenvalue weighted by atomic mass is 16.7. The molecule has 154 valence electrons. The van der Waals surface area contributed by atoms with Crippen LogP contribution in [0, 0.1) is 11.3 Å². The summed E-state index contributed by atoms with van der Waals surface area (Å²) >= 11 is 0. The molecule has 2 fully saturated rings. The van der Waals surface area contributed by atoms with Crippen LogP contribution in [0.15, 0.2) is 34.7 Å². The van der Waals surface area contributed by atoms with Gasteiger partial charge in [0.15, 0.2) is 0 Å². The zero-order chi connectivity index (χ0) is 21.1. The predicted octanol–water partition coefficient (Wildman–Crippen LogP) is 5.80. The molecule has 2 aromatic carbocycles. The number of hydrogen-bond donors (Lipinski definition) is 0. The van der Waals surface area contributed by atoms with E-state index in [1.54, 1.807) is 0 Å². The maximum absolute atomic E-state index is 9.34. The Morgan fingerprint density at radius 1 is 0.967 bits per heavy atom. The van der Waals surface area contributed by atoms with Crippen molar-refractivity contribution in [3.05, 3.63) is 41.5 Å². The number of nitriles is 1. The largest absolute Gasteiger partial charge is 0.498 e. The minimum Gasteiger partial charge on any atom is -0.456 e. The van der Waals surface area contributed by atoms with Gasteiger partial charge in [0.1, 0.15) is 11.2 Å². The molecule has 1 aromatic heterocycles. The minimum atomic E-state index is -0.478. The molecule has 0 bridgehead atoms. The Bertz CT molecular complexity index is 1150. The summed E-state index contributed by atoms with van der Waals surface area (Å²) in [5.74, 6) is 0.546. The minimum absolute atomic E-state index is 0.411. The van der Waals surface area contributed by atoms with Gasteiger partial charge in [-0.15, -0.1) is 0 Å². The first kappa shape index (κ1) is 19.7. The van der Waals surface area contributed by atoms with E-state index in [2.05, 4.69) is 45.9 Å². The number of furan rings is 1. The average Bonchev–Trinajstić information content (AvgIpc) is 3.21. The molecule has 5 heteroatoms. The SMILES string of the molecule is CC1(C)OB(c2ccc(C3CCCCC3)c3c2oc2cc(C#N)ccc23)OC1(C)C. The summed E-state index contributed by atoms with van der Waals surface area (Å²) in [6, 6.07) is 12.4. The molecule has 0 amide bonds. The number of hydrogen-bond acceptors (Lipinski definition) is 4. The van der Waals surface area contributed by atoms with Crippen molar-refractivity contribution in [1.82, 2.24) is 0 Å². The van der Waals surface area contributed by atoms with Gasteiger partial charge in [-0.05, 0) is 70.2 Å². The molecule has 30 heavy (non-hydrogen) atoms. The Kier molecular flexibility index (Phi) is 4.50. The molecule has 4 nitrogen and oxygen atoms in total. The molecule has 0 atom stereocenters. The summed E-state index contributed by atoms with van der Waals surface area (Å²) in [5.41, 5.74) is 3.66. The van der Waals surface area contributed by atoms with Crippen molar-refractivity contribution < 1.29 is 13.7 Å². The second-order valence-electron chi connectivity index (χ2n) is 9.80. The smallest absolute Gasteiger partial charge is 0.456 e. The van der Waals surface area contributed by atoms with Crippen LogP contribution in [0.2, 0.25) is 0 Å². The van der Waals surface area contributed by atoms with Crippen molar-refractivity contribution in [2.75, 3.05) is 0 Å². The van der Waals surface area contributed by atoms with E-state index in [0.29, 0.717) is 11.5 Å². The van der Waals surface area contributed by atoms with Crippen LogP contribution < -0.4 is 5.46 Å². The molecule has 2 aliphatic rings. The van der Waals surface area contributed by atoms with Crippen LogP contribution in [0.3, 0.4) is 0 Å². The standard InChI is InChI=1S/C25H28BNO3/c1-24(2)25(3,4)30-26(29-24)20-13-12-18(17-8-6-5-7-9-17)22-19-11-10-16(15-27)14-21(19)28-23(20)22/h10-14,17H,5-9H2,1-4H3. The van der Waals surface area contributed by atoms with Crippen molar-refractivity contribution in [2.24, 2.45) is 0 Å². The maximum Gasteiger partial charge on any atom is 0.498 e. The molecule has 0 N–H and O–H groups in total. The number of benzene rings is 2. The van der Waals surface area contributed by atoms with E-state index in [4.69, 9.17) is 13.7 Å². The third-order valence-corrected chi connectivity index (χ3v) is 7.36.